The molecule has 1 heterocycles. The Kier molecular flexibility index (Phi) is 6.06. The molecule has 27 heavy (non-hydrogen) atoms. The molecule has 0 aromatic heterocycles. The molecule has 1 saturated heterocycles. The maximum atomic E-state index is 13.0. The highest BCUT2D eigenvalue weighted by Crippen LogP contribution is 2.20. The number of ether oxygens (including phenoxy) is 1. The highest BCUT2D eigenvalue weighted by molar-refractivity contribution is 5.81. The monoisotopic (exact) mass is 370 g/mol. The van der Waals surface area contributed by atoms with Crippen LogP contribution in [0.1, 0.15) is 30.5 Å². The first-order valence-electron chi connectivity index (χ1n) is 9.04. The Balaban J connectivity index is 1.47. The van der Waals surface area contributed by atoms with Gasteiger partial charge in [-0.1, -0.05) is 42.5 Å². The predicted octanol–water partition coefficient (Wildman–Crippen LogP) is 3.66. The molecule has 1 N–H and O–H groups in total. The lowest BCUT2D eigenvalue weighted by Gasteiger charge is -2.19. The molecule has 1 fully saturated rings. The van der Waals surface area contributed by atoms with Crippen molar-refractivity contribution in [2.24, 2.45) is 5.92 Å². The largest absolute Gasteiger partial charge is 0.445 e. The zero-order valence-electron chi connectivity index (χ0n) is 15.2. The van der Waals surface area contributed by atoms with Crippen LogP contribution in [0.2, 0.25) is 0 Å². The average molecular weight is 370 g/mol. The summed E-state index contributed by atoms with van der Waals surface area (Å²) in [4.78, 5) is 26.2. The normalized spacial score (nSPS) is 17.4. The second-order valence-corrected chi connectivity index (χ2v) is 6.75. The molecule has 2 aromatic rings. The summed E-state index contributed by atoms with van der Waals surface area (Å²) in [6.45, 7) is 2.91. The van der Waals surface area contributed by atoms with Gasteiger partial charge in [-0.05, 0) is 36.6 Å². The van der Waals surface area contributed by atoms with Gasteiger partial charge < -0.3 is 15.0 Å². The van der Waals surface area contributed by atoms with Crippen molar-refractivity contribution in [2.45, 2.75) is 26.0 Å². The summed E-state index contributed by atoms with van der Waals surface area (Å²) >= 11 is 0. The topological polar surface area (TPSA) is 58.6 Å². The van der Waals surface area contributed by atoms with E-state index in [2.05, 4.69) is 5.32 Å². The van der Waals surface area contributed by atoms with E-state index in [-0.39, 0.29) is 30.3 Å². The van der Waals surface area contributed by atoms with Gasteiger partial charge in [0.15, 0.2) is 0 Å². The molecule has 0 spiro atoms. The third kappa shape index (κ3) is 5.06. The molecule has 5 nitrogen and oxygen atoms in total. The minimum atomic E-state index is -0.402. The molecule has 1 aliphatic heterocycles. The summed E-state index contributed by atoms with van der Waals surface area (Å²) in [5.74, 6) is -0.680. The van der Waals surface area contributed by atoms with E-state index in [9.17, 15) is 14.0 Å². The van der Waals surface area contributed by atoms with E-state index in [1.165, 1.54) is 12.1 Å². The lowest BCUT2D eigenvalue weighted by atomic mass is 10.1. The van der Waals surface area contributed by atoms with Crippen LogP contribution in [0.25, 0.3) is 0 Å². The number of carbonyl (C=O) groups excluding carboxylic acids is 2. The first-order chi connectivity index (χ1) is 13.0. The van der Waals surface area contributed by atoms with Crippen molar-refractivity contribution in [3.8, 4) is 0 Å². The summed E-state index contributed by atoms with van der Waals surface area (Å²) in [6, 6.07) is 15.3. The van der Waals surface area contributed by atoms with Crippen molar-refractivity contribution in [3.05, 3.63) is 71.5 Å². The predicted molar refractivity (Wildman–Crippen MR) is 99.3 cm³/mol. The highest BCUT2D eigenvalue weighted by Gasteiger charge is 2.32. The Morgan fingerprint density at radius 3 is 2.59 bits per heavy atom. The Hall–Kier alpha value is -2.89. The van der Waals surface area contributed by atoms with Crippen LogP contribution in [-0.4, -0.2) is 30.0 Å². The minimum absolute atomic E-state index is 0.106. The van der Waals surface area contributed by atoms with Crippen molar-refractivity contribution >= 4 is 12.0 Å². The molecule has 6 heteroatoms. The standard InChI is InChI=1S/C21H23FN2O3/c1-15(17-7-9-19(22)10-8-17)23-20(25)18-11-12-24(13-18)21(26)27-14-16-5-3-2-4-6-16/h2-10,15,18H,11-14H2,1H3,(H,23,25)/t15-,18?/m1/s1. The molecular weight excluding hydrogens is 347 g/mol. The van der Waals surface area contributed by atoms with Crippen molar-refractivity contribution in [2.75, 3.05) is 13.1 Å². The number of likely N-dealkylation sites (tertiary alicyclic amines) is 1. The van der Waals surface area contributed by atoms with Crippen LogP contribution in [0.4, 0.5) is 9.18 Å². The third-order valence-corrected chi connectivity index (χ3v) is 4.75. The third-order valence-electron chi connectivity index (χ3n) is 4.75. The second kappa shape index (κ2) is 8.66. The zero-order valence-corrected chi connectivity index (χ0v) is 15.2. The fourth-order valence-electron chi connectivity index (χ4n) is 3.12. The number of nitrogens with one attached hydrogen (secondary N) is 1. The van der Waals surface area contributed by atoms with Gasteiger partial charge in [-0.15, -0.1) is 0 Å². The van der Waals surface area contributed by atoms with Gasteiger partial charge in [0.05, 0.1) is 12.0 Å². The fourth-order valence-corrected chi connectivity index (χ4v) is 3.12. The smallest absolute Gasteiger partial charge is 0.410 e. The maximum Gasteiger partial charge on any atom is 0.410 e. The van der Waals surface area contributed by atoms with Gasteiger partial charge in [0, 0.05) is 13.1 Å². The number of carbonyl (C=O) groups is 2. The first kappa shape index (κ1) is 18.9. The summed E-state index contributed by atoms with van der Waals surface area (Å²) in [5, 5.41) is 2.93. The van der Waals surface area contributed by atoms with Crippen LogP contribution in [-0.2, 0) is 16.1 Å². The van der Waals surface area contributed by atoms with Gasteiger partial charge in [0.1, 0.15) is 12.4 Å². The van der Waals surface area contributed by atoms with Crippen LogP contribution < -0.4 is 5.32 Å². The molecule has 2 amide bonds. The quantitative estimate of drug-likeness (QED) is 0.874. The molecule has 0 aliphatic carbocycles. The number of hydrogen-bond acceptors (Lipinski definition) is 3. The number of rotatable bonds is 5. The van der Waals surface area contributed by atoms with Gasteiger partial charge in [0.25, 0.3) is 0 Å². The highest BCUT2D eigenvalue weighted by atomic mass is 19.1. The lowest BCUT2D eigenvalue weighted by Crippen LogP contribution is -2.36. The summed E-state index contributed by atoms with van der Waals surface area (Å²) in [6.07, 6.45) is 0.198. The van der Waals surface area contributed by atoms with E-state index in [4.69, 9.17) is 4.74 Å². The van der Waals surface area contributed by atoms with Gasteiger partial charge in [-0.25, -0.2) is 9.18 Å². The van der Waals surface area contributed by atoms with Crippen LogP contribution in [0.15, 0.2) is 54.6 Å². The van der Waals surface area contributed by atoms with Gasteiger partial charge in [0.2, 0.25) is 5.91 Å². The van der Waals surface area contributed by atoms with Crippen molar-refractivity contribution in [3.63, 3.8) is 0 Å². The number of nitrogens with zero attached hydrogens (tertiary/aromatic N) is 1. The van der Waals surface area contributed by atoms with E-state index in [0.29, 0.717) is 19.5 Å². The van der Waals surface area contributed by atoms with E-state index < -0.39 is 6.09 Å². The molecular formula is C21H23FN2O3. The van der Waals surface area contributed by atoms with E-state index in [0.717, 1.165) is 11.1 Å². The van der Waals surface area contributed by atoms with E-state index in [1.54, 1.807) is 17.0 Å². The molecule has 142 valence electrons. The minimum Gasteiger partial charge on any atom is -0.445 e. The Morgan fingerprint density at radius 1 is 1.19 bits per heavy atom. The number of halogens is 1. The van der Waals surface area contributed by atoms with Crippen LogP contribution in [0, 0.1) is 11.7 Å². The van der Waals surface area contributed by atoms with E-state index >= 15 is 0 Å². The molecule has 3 rings (SSSR count). The first-order valence-corrected chi connectivity index (χ1v) is 9.04. The zero-order chi connectivity index (χ0) is 19.2. The molecule has 0 saturated carbocycles. The lowest BCUT2D eigenvalue weighted by molar-refractivity contribution is -0.125. The van der Waals surface area contributed by atoms with E-state index in [1.807, 2.05) is 37.3 Å². The number of benzene rings is 2. The van der Waals surface area contributed by atoms with Crippen LogP contribution >= 0.6 is 0 Å². The van der Waals surface area contributed by atoms with Crippen molar-refractivity contribution in [1.29, 1.82) is 0 Å². The molecule has 2 aromatic carbocycles. The molecule has 0 radical (unpaired) electrons. The van der Waals surface area contributed by atoms with Crippen molar-refractivity contribution in [1.82, 2.24) is 10.2 Å². The SMILES string of the molecule is C[C@@H](NC(=O)C1CCN(C(=O)OCc2ccccc2)C1)c1ccc(F)cc1. The van der Waals surface area contributed by atoms with Crippen LogP contribution in [0.3, 0.4) is 0 Å². The Labute approximate surface area is 158 Å². The summed E-state index contributed by atoms with van der Waals surface area (Å²) < 4.78 is 18.3. The summed E-state index contributed by atoms with van der Waals surface area (Å²) in [7, 11) is 0. The molecule has 1 aliphatic rings. The van der Waals surface area contributed by atoms with Crippen molar-refractivity contribution < 1.29 is 18.7 Å². The summed E-state index contributed by atoms with van der Waals surface area (Å²) in [5.41, 5.74) is 1.76. The van der Waals surface area contributed by atoms with Gasteiger partial charge >= 0.3 is 6.09 Å². The Bertz CT molecular complexity index is 780. The second-order valence-electron chi connectivity index (χ2n) is 6.75. The number of hydrogen-bond donors (Lipinski definition) is 1. The average Bonchev–Trinajstić information content (AvgIpc) is 3.18. The van der Waals surface area contributed by atoms with Gasteiger partial charge in [-0.3, -0.25) is 4.79 Å². The molecule has 0 bridgehead atoms. The Morgan fingerprint density at radius 2 is 1.89 bits per heavy atom. The number of amides is 2. The van der Waals surface area contributed by atoms with Gasteiger partial charge in [-0.2, -0.15) is 0 Å². The molecule has 1 unspecified atom stereocenters. The fraction of sp³-hybridized carbons (Fsp3) is 0.333. The molecule has 2 atom stereocenters. The maximum absolute atomic E-state index is 13.0. The van der Waals surface area contributed by atoms with Crippen LogP contribution in [0.5, 0.6) is 0 Å².